The Balaban J connectivity index is 2.32. The molecule has 1 aliphatic rings. The molecule has 18 heavy (non-hydrogen) atoms. The van der Waals surface area contributed by atoms with Gasteiger partial charge in [0, 0.05) is 24.0 Å². The first-order valence-electron chi connectivity index (χ1n) is 5.88. The third kappa shape index (κ3) is 2.63. The number of nitro groups is 1. The molecule has 2 atom stereocenters. The van der Waals surface area contributed by atoms with Gasteiger partial charge in [-0.3, -0.25) is 10.1 Å². The van der Waals surface area contributed by atoms with E-state index in [0.29, 0.717) is 23.0 Å². The van der Waals surface area contributed by atoms with Gasteiger partial charge in [-0.15, -0.1) is 11.3 Å². The quantitative estimate of drug-likeness (QED) is 0.645. The fraction of sp³-hybridized carbons (Fsp3) is 0.636. The highest BCUT2D eigenvalue weighted by molar-refractivity contribution is 7.16. The Hall–Kier alpha value is -1.18. The Kier molecular flexibility index (Phi) is 3.84. The molecular formula is C11H16N2O4S. The van der Waals surface area contributed by atoms with Crippen LogP contribution in [0.25, 0.3) is 0 Å². The zero-order chi connectivity index (χ0) is 13.3. The van der Waals surface area contributed by atoms with E-state index in [0.717, 1.165) is 12.8 Å². The van der Waals surface area contributed by atoms with Crippen LogP contribution in [0.15, 0.2) is 6.07 Å². The van der Waals surface area contributed by atoms with Gasteiger partial charge >= 0.3 is 5.69 Å². The molecule has 0 saturated carbocycles. The molecule has 1 aromatic rings. The highest BCUT2D eigenvalue weighted by atomic mass is 32.1. The van der Waals surface area contributed by atoms with Crippen LogP contribution >= 0.6 is 11.3 Å². The first kappa shape index (κ1) is 13.3. The molecule has 1 aromatic heterocycles. The monoisotopic (exact) mass is 272 g/mol. The summed E-state index contributed by atoms with van der Waals surface area (Å²) in [5.74, 6) is 0. The molecule has 1 aliphatic heterocycles. The maximum atomic E-state index is 11.0. The number of hydrogen-bond acceptors (Lipinski definition) is 6. The van der Waals surface area contributed by atoms with Gasteiger partial charge in [-0.25, -0.2) is 0 Å². The summed E-state index contributed by atoms with van der Waals surface area (Å²) in [6.07, 6.45) is 0.409. The van der Waals surface area contributed by atoms with Crippen molar-refractivity contribution in [2.45, 2.75) is 32.0 Å². The molecule has 100 valence electrons. The minimum absolute atomic E-state index is 0.0185. The lowest BCUT2D eigenvalue weighted by Crippen LogP contribution is -2.38. The maximum Gasteiger partial charge on any atom is 0.304 e. The molecule has 1 saturated heterocycles. The minimum Gasteiger partial charge on any atom is -0.391 e. The zero-order valence-electron chi connectivity index (χ0n) is 10.1. The van der Waals surface area contributed by atoms with Crippen LogP contribution in [0.5, 0.6) is 0 Å². The number of nitrogens with zero attached hydrogens (tertiary/aromatic N) is 2. The molecule has 0 aromatic carbocycles. The second-order valence-electron chi connectivity index (χ2n) is 4.51. The highest BCUT2D eigenvalue weighted by Gasteiger charge is 2.28. The van der Waals surface area contributed by atoms with E-state index in [1.54, 1.807) is 6.92 Å². The summed E-state index contributed by atoms with van der Waals surface area (Å²) in [6, 6.07) is 1.42. The van der Waals surface area contributed by atoms with Gasteiger partial charge in [0.25, 0.3) is 0 Å². The molecule has 2 heterocycles. The number of aliphatic hydroxyl groups excluding tert-OH is 2. The van der Waals surface area contributed by atoms with Gasteiger partial charge in [0.2, 0.25) is 0 Å². The van der Waals surface area contributed by atoms with E-state index in [4.69, 9.17) is 0 Å². The normalized spacial score (nSPS) is 21.9. The number of rotatable bonds is 3. The number of β-amino-alcohol motifs (C(OH)–C–C–N with tert-alkyl or cyclic N) is 1. The number of thiophene rings is 1. The average molecular weight is 272 g/mol. The lowest BCUT2D eigenvalue weighted by molar-refractivity contribution is -0.383. The number of aliphatic hydroxyl groups is 2. The molecule has 0 radical (unpaired) electrons. The van der Waals surface area contributed by atoms with E-state index in [1.165, 1.54) is 17.4 Å². The molecule has 2 N–H and O–H groups in total. The van der Waals surface area contributed by atoms with Crippen LogP contribution in [0.2, 0.25) is 0 Å². The van der Waals surface area contributed by atoms with Crippen molar-refractivity contribution in [1.29, 1.82) is 0 Å². The van der Waals surface area contributed by atoms with E-state index in [2.05, 4.69) is 0 Å². The second-order valence-corrected chi connectivity index (χ2v) is 5.58. The fourth-order valence-electron chi connectivity index (χ4n) is 2.09. The van der Waals surface area contributed by atoms with E-state index in [9.17, 15) is 20.3 Å². The van der Waals surface area contributed by atoms with Crippen molar-refractivity contribution in [3.05, 3.63) is 21.1 Å². The maximum absolute atomic E-state index is 11.0. The van der Waals surface area contributed by atoms with Crippen LogP contribution in [0.4, 0.5) is 10.7 Å². The molecule has 7 heteroatoms. The van der Waals surface area contributed by atoms with Crippen molar-refractivity contribution in [1.82, 2.24) is 0 Å². The number of piperidine rings is 1. The van der Waals surface area contributed by atoms with Crippen molar-refractivity contribution in [3.8, 4) is 0 Å². The van der Waals surface area contributed by atoms with Crippen LogP contribution in [0.3, 0.4) is 0 Å². The van der Waals surface area contributed by atoms with Crippen LogP contribution in [0, 0.1) is 10.1 Å². The largest absolute Gasteiger partial charge is 0.391 e. The molecule has 0 amide bonds. The Morgan fingerprint density at radius 1 is 1.67 bits per heavy atom. The first-order valence-corrected chi connectivity index (χ1v) is 6.70. The molecule has 0 aliphatic carbocycles. The van der Waals surface area contributed by atoms with Gasteiger partial charge in [0.1, 0.15) is 0 Å². The molecule has 6 nitrogen and oxygen atoms in total. The predicted molar refractivity (Wildman–Crippen MR) is 69.1 cm³/mol. The van der Waals surface area contributed by atoms with E-state index < -0.39 is 17.1 Å². The molecule has 2 rings (SSSR count). The van der Waals surface area contributed by atoms with E-state index >= 15 is 0 Å². The molecular weight excluding hydrogens is 256 g/mol. The fourth-order valence-corrected chi connectivity index (χ4v) is 3.19. The lowest BCUT2D eigenvalue weighted by atomic mass is 10.1. The van der Waals surface area contributed by atoms with Gasteiger partial charge in [0.05, 0.1) is 17.1 Å². The van der Waals surface area contributed by atoms with Crippen molar-refractivity contribution in [3.63, 3.8) is 0 Å². The summed E-state index contributed by atoms with van der Waals surface area (Å²) in [4.78, 5) is 13.0. The summed E-state index contributed by atoms with van der Waals surface area (Å²) < 4.78 is 0. The third-order valence-corrected chi connectivity index (χ3v) is 4.36. The third-order valence-electron chi connectivity index (χ3n) is 3.00. The Bertz CT molecular complexity index is 446. The molecule has 1 unspecified atom stereocenters. The average Bonchev–Trinajstić information content (AvgIpc) is 2.73. The van der Waals surface area contributed by atoms with Gasteiger partial charge in [0.15, 0.2) is 5.00 Å². The smallest absolute Gasteiger partial charge is 0.304 e. The van der Waals surface area contributed by atoms with Crippen molar-refractivity contribution in [2.75, 3.05) is 18.0 Å². The molecule has 1 fully saturated rings. The summed E-state index contributed by atoms with van der Waals surface area (Å²) in [7, 11) is 0. The van der Waals surface area contributed by atoms with Crippen LogP contribution in [-0.2, 0) is 0 Å². The standard InChI is InChI=1S/C11H16N2O4S/c1-7(14)10-5-9(13(16)17)11(18-10)12-4-2-3-8(15)6-12/h5,7-8,14-15H,2-4,6H2,1H3/t7-,8?/m1/s1. The Morgan fingerprint density at radius 3 is 2.94 bits per heavy atom. The van der Waals surface area contributed by atoms with E-state index in [-0.39, 0.29) is 5.69 Å². The number of hydrogen-bond donors (Lipinski definition) is 2. The summed E-state index contributed by atoms with van der Waals surface area (Å²) in [5.41, 5.74) is 0.0185. The van der Waals surface area contributed by atoms with Crippen LogP contribution in [-0.4, -0.2) is 34.3 Å². The Labute approximate surface area is 109 Å². The zero-order valence-corrected chi connectivity index (χ0v) is 10.9. The van der Waals surface area contributed by atoms with Crippen molar-refractivity contribution >= 4 is 22.0 Å². The van der Waals surface area contributed by atoms with Crippen molar-refractivity contribution < 1.29 is 15.1 Å². The molecule has 0 spiro atoms. The van der Waals surface area contributed by atoms with Crippen LogP contribution < -0.4 is 4.90 Å². The SMILES string of the molecule is C[C@@H](O)c1cc([N+](=O)[O-])c(N2CCCC(O)C2)s1. The summed E-state index contributed by atoms with van der Waals surface area (Å²) in [6.45, 7) is 2.71. The second kappa shape index (κ2) is 5.21. The van der Waals surface area contributed by atoms with Gasteiger partial charge in [-0.1, -0.05) is 0 Å². The van der Waals surface area contributed by atoms with Gasteiger partial charge in [-0.2, -0.15) is 0 Å². The van der Waals surface area contributed by atoms with E-state index in [1.807, 2.05) is 4.90 Å². The summed E-state index contributed by atoms with van der Waals surface area (Å²) in [5, 5.41) is 30.7. The van der Waals surface area contributed by atoms with Crippen LogP contribution in [0.1, 0.15) is 30.7 Å². The molecule has 0 bridgehead atoms. The highest BCUT2D eigenvalue weighted by Crippen LogP contribution is 2.41. The topological polar surface area (TPSA) is 86.8 Å². The van der Waals surface area contributed by atoms with Gasteiger partial charge in [-0.05, 0) is 19.8 Å². The summed E-state index contributed by atoms with van der Waals surface area (Å²) >= 11 is 1.23. The first-order chi connectivity index (χ1) is 8.49. The Morgan fingerprint density at radius 2 is 2.39 bits per heavy atom. The minimum atomic E-state index is -0.711. The number of anilines is 1. The predicted octanol–water partition coefficient (Wildman–Crippen LogP) is 1.67. The van der Waals surface area contributed by atoms with Gasteiger partial charge < -0.3 is 15.1 Å². The lowest BCUT2D eigenvalue weighted by Gasteiger charge is -2.30. The van der Waals surface area contributed by atoms with Crippen molar-refractivity contribution in [2.24, 2.45) is 0 Å².